The first-order valence-electron chi connectivity index (χ1n) is 6.76. The van der Waals surface area contributed by atoms with Crippen LogP contribution in [0, 0.1) is 6.92 Å². The third kappa shape index (κ3) is 3.33. The minimum Gasteiger partial charge on any atom is -0.367 e. The lowest BCUT2D eigenvalue weighted by molar-refractivity contribution is -0.135. The van der Waals surface area contributed by atoms with Crippen molar-refractivity contribution in [1.82, 2.24) is 14.7 Å². The van der Waals surface area contributed by atoms with E-state index in [-0.39, 0.29) is 5.91 Å². The van der Waals surface area contributed by atoms with Crippen LogP contribution in [0.25, 0.3) is 0 Å². The van der Waals surface area contributed by atoms with E-state index in [0.29, 0.717) is 13.2 Å². The number of primary amides is 1. The van der Waals surface area contributed by atoms with Crippen molar-refractivity contribution in [2.45, 2.75) is 39.5 Å². The van der Waals surface area contributed by atoms with Crippen LogP contribution in [0.3, 0.4) is 0 Å². The average molecular weight is 266 g/mol. The topological polar surface area (TPSA) is 73.4 Å². The summed E-state index contributed by atoms with van der Waals surface area (Å²) in [7, 11) is 0. The van der Waals surface area contributed by atoms with E-state index in [2.05, 4.69) is 23.8 Å². The summed E-state index contributed by atoms with van der Waals surface area (Å²) >= 11 is 0. The number of hydrogen-bond acceptors (Lipinski definition) is 4. The molecule has 6 nitrogen and oxygen atoms in total. The minimum atomic E-state index is -0.486. The maximum atomic E-state index is 11.2. The van der Waals surface area contributed by atoms with Crippen LogP contribution in [0.5, 0.6) is 0 Å². The van der Waals surface area contributed by atoms with Crippen molar-refractivity contribution in [2.75, 3.05) is 19.7 Å². The van der Waals surface area contributed by atoms with Gasteiger partial charge in [-0.1, -0.05) is 6.92 Å². The second kappa shape index (κ2) is 6.16. The highest BCUT2D eigenvalue weighted by Gasteiger charge is 2.25. The largest absolute Gasteiger partial charge is 0.367 e. The molecule has 1 amide bonds. The number of nitrogens with two attached hydrogens (primary N) is 1. The summed E-state index contributed by atoms with van der Waals surface area (Å²) in [6.45, 7) is 7.90. The molecule has 0 bridgehead atoms. The number of nitrogens with zero attached hydrogens (tertiary/aromatic N) is 3. The maximum absolute atomic E-state index is 11.2. The molecular weight excluding hydrogens is 244 g/mol. The highest BCUT2D eigenvalue weighted by atomic mass is 16.5. The van der Waals surface area contributed by atoms with Crippen molar-refractivity contribution in [3.8, 4) is 0 Å². The zero-order chi connectivity index (χ0) is 13.8. The monoisotopic (exact) mass is 266 g/mol. The Kier molecular flexibility index (Phi) is 4.55. The van der Waals surface area contributed by atoms with Crippen LogP contribution in [-0.2, 0) is 22.6 Å². The normalized spacial score (nSPS) is 20.6. The van der Waals surface area contributed by atoms with Gasteiger partial charge in [0.1, 0.15) is 6.10 Å². The van der Waals surface area contributed by atoms with Crippen molar-refractivity contribution < 1.29 is 9.53 Å². The second-order valence-electron chi connectivity index (χ2n) is 4.98. The number of carbonyl (C=O) groups excluding carboxylic acids is 1. The van der Waals surface area contributed by atoms with E-state index in [4.69, 9.17) is 10.5 Å². The van der Waals surface area contributed by atoms with Gasteiger partial charge in [-0.05, 0) is 13.3 Å². The quantitative estimate of drug-likeness (QED) is 0.831. The first-order chi connectivity index (χ1) is 9.11. The molecule has 1 aromatic heterocycles. The zero-order valence-electron chi connectivity index (χ0n) is 11.6. The van der Waals surface area contributed by atoms with Gasteiger partial charge in [0, 0.05) is 37.4 Å². The lowest BCUT2D eigenvalue weighted by Crippen LogP contribution is -2.47. The zero-order valence-corrected chi connectivity index (χ0v) is 11.6. The van der Waals surface area contributed by atoms with E-state index in [1.54, 1.807) is 0 Å². The Labute approximate surface area is 113 Å². The highest BCUT2D eigenvalue weighted by Crippen LogP contribution is 2.14. The molecule has 0 saturated carbocycles. The Morgan fingerprint density at radius 1 is 1.63 bits per heavy atom. The first-order valence-corrected chi connectivity index (χ1v) is 6.76. The number of ether oxygens (including phenoxy) is 1. The second-order valence-corrected chi connectivity index (χ2v) is 4.98. The molecule has 0 spiro atoms. The van der Waals surface area contributed by atoms with E-state index >= 15 is 0 Å². The van der Waals surface area contributed by atoms with Crippen LogP contribution in [0.4, 0.5) is 0 Å². The summed E-state index contributed by atoms with van der Waals surface area (Å²) < 4.78 is 7.37. The SMILES string of the molecule is CCCn1ncc(CN2CCOC(C(N)=O)C2)c1C. The summed E-state index contributed by atoms with van der Waals surface area (Å²) in [5.41, 5.74) is 7.69. The molecule has 1 aliphatic heterocycles. The minimum absolute atomic E-state index is 0.386. The molecule has 6 heteroatoms. The fourth-order valence-electron chi connectivity index (χ4n) is 2.34. The number of morpholine rings is 1. The highest BCUT2D eigenvalue weighted by molar-refractivity contribution is 5.79. The van der Waals surface area contributed by atoms with E-state index in [1.807, 2.05) is 10.9 Å². The van der Waals surface area contributed by atoms with Gasteiger partial charge in [-0.3, -0.25) is 14.4 Å². The van der Waals surface area contributed by atoms with Crippen LogP contribution < -0.4 is 5.73 Å². The van der Waals surface area contributed by atoms with Crippen molar-refractivity contribution in [3.63, 3.8) is 0 Å². The van der Waals surface area contributed by atoms with Crippen LogP contribution in [0.15, 0.2) is 6.20 Å². The number of rotatable bonds is 5. The van der Waals surface area contributed by atoms with Crippen LogP contribution in [-0.4, -0.2) is 46.4 Å². The number of amides is 1. The number of aromatic nitrogens is 2. The Morgan fingerprint density at radius 2 is 2.42 bits per heavy atom. The standard InChI is InChI=1S/C13H22N4O2/c1-3-4-17-10(2)11(7-15-17)8-16-5-6-19-12(9-16)13(14)18/h7,12H,3-6,8-9H2,1-2H3,(H2,14,18). The van der Waals surface area contributed by atoms with Crippen molar-refractivity contribution in [1.29, 1.82) is 0 Å². The lowest BCUT2D eigenvalue weighted by atomic mass is 10.2. The number of carbonyl (C=O) groups is 1. The summed E-state index contributed by atoms with van der Waals surface area (Å²) in [6, 6.07) is 0. The van der Waals surface area contributed by atoms with Gasteiger partial charge in [-0.2, -0.15) is 5.10 Å². The molecule has 106 valence electrons. The van der Waals surface area contributed by atoms with Gasteiger partial charge < -0.3 is 10.5 Å². The van der Waals surface area contributed by atoms with Crippen molar-refractivity contribution >= 4 is 5.91 Å². The number of aryl methyl sites for hydroxylation is 1. The first kappa shape index (κ1) is 14.0. The molecule has 0 aromatic carbocycles. The van der Waals surface area contributed by atoms with E-state index in [0.717, 1.165) is 26.1 Å². The summed E-state index contributed by atoms with van der Waals surface area (Å²) in [5.74, 6) is -0.386. The summed E-state index contributed by atoms with van der Waals surface area (Å²) in [4.78, 5) is 13.4. The molecule has 2 rings (SSSR count). The Bertz CT molecular complexity index is 444. The molecule has 1 aromatic rings. The lowest BCUT2D eigenvalue weighted by Gasteiger charge is -2.31. The molecule has 2 N–H and O–H groups in total. The fourth-order valence-corrected chi connectivity index (χ4v) is 2.34. The van der Waals surface area contributed by atoms with Gasteiger partial charge in [0.2, 0.25) is 5.91 Å². The maximum Gasteiger partial charge on any atom is 0.247 e. The van der Waals surface area contributed by atoms with E-state index in [1.165, 1.54) is 11.3 Å². The molecule has 0 aliphatic carbocycles. The molecular formula is C13H22N4O2. The summed E-state index contributed by atoms with van der Waals surface area (Å²) in [5, 5.41) is 4.39. The molecule has 1 fully saturated rings. The van der Waals surface area contributed by atoms with E-state index < -0.39 is 6.10 Å². The van der Waals surface area contributed by atoms with Gasteiger partial charge in [0.25, 0.3) is 0 Å². The third-order valence-electron chi connectivity index (χ3n) is 3.50. The van der Waals surface area contributed by atoms with Gasteiger partial charge in [-0.15, -0.1) is 0 Å². The Morgan fingerprint density at radius 3 is 3.11 bits per heavy atom. The molecule has 1 aliphatic rings. The predicted molar refractivity (Wildman–Crippen MR) is 71.5 cm³/mol. The van der Waals surface area contributed by atoms with Crippen LogP contribution >= 0.6 is 0 Å². The van der Waals surface area contributed by atoms with Gasteiger partial charge in [0.05, 0.1) is 12.8 Å². The van der Waals surface area contributed by atoms with Crippen LogP contribution in [0.1, 0.15) is 24.6 Å². The van der Waals surface area contributed by atoms with E-state index in [9.17, 15) is 4.79 Å². The molecule has 1 unspecified atom stereocenters. The summed E-state index contributed by atoms with van der Waals surface area (Å²) in [6.07, 6.45) is 2.50. The smallest absolute Gasteiger partial charge is 0.247 e. The fraction of sp³-hybridized carbons (Fsp3) is 0.692. The Balaban J connectivity index is 1.98. The Hall–Kier alpha value is -1.40. The van der Waals surface area contributed by atoms with Gasteiger partial charge >= 0.3 is 0 Å². The van der Waals surface area contributed by atoms with Gasteiger partial charge in [-0.25, -0.2) is 0 Å². The van der Waals surface area contributed by atoms with Gasteiger partial charge in [0.15, 0.2) is 0 Å². The molecule has 19 heavy (non-hydrogen) atoms. The molecule has 1 atom stereocenters. The number of hydrogen-bond donors (Lipinski definition) is 1. The predicted octanol–water partition coefficient (Wildman–Crippen LogP) is 0.288. The molecule has 2 heterocycles. The van der Waals surface area contributed by atoms with Crippen molar-refractivity contribution in [2.24, 2.45) is 5.73 Å². The van der Waals surface area contributed by atoms with Crippen molar-refractivity contribution in [3.05, 3.63) is 17.5 Å². The molecule has 0 radical (unpaired) electrons. The third-order valence-corrected chi connectivity index (χ3v) is 3.50. The molecule has 1 saturated heterocycles. The average Bonchev–Trinajstić information content (AvgIpc) is 2.72. The van der Waals surface area contributed by atoms with Crippen LogP contribution in [0.2, 0.25) is 0 Å².